The summed E-state index contributed by atoms with van der Waals surface area (Å²) in [6, 6.07) is 6.11. The van der Waals surface area contributed by atoms with Gasteiger partial charge >= 0.3 is 0 Å². The number of thioether (sulfide) groups is 1. The highest BCUT2D eigenvalue weighted by molar-refractivity contribution is 7.99. The second-order valence-electron chi connectivity index (χ2n) is 2.98. The van der Waals surface area contributed by atoms with Gasteiger partial charge in [-0.15, -0.1) is 11.8 Å². The lowest BCUT2D eigenvalue weighted by atomic mass is 10.1. The molecule has 1 aliphatic rings. The Balaban J connectivity index is 2.47. The molecular formula is C10H11NOS. The fourth-order valence-electron chi connectivity index (χ4n) is 1.37. The fraction of sp³-hybridized carbons (Fsp3) is 0.300. The Morgan fingerprint density at radius 2 is 2.38 bits per heavy atom. The minimum Gasteiger partial charge on any atom is -0.343 e. The fourth-order valence-corrected chi connectivity index (χ4v) is 2.21. The zero-order valence-electron chi connectivity index (χ0n) is 7.46. The average molecular weight is 193 g/mol. The molecule has 0 saturated heterocycles. The SMILES string of the molecule is CCc1ccc2c(c1)C(=O)NCS2. The van der Waals surface area contributed by atoms with Gasteiger partial charge in [0, 0.05) is 4.90 Å². The normalized spacial score (nSPS) is 15.0. The molecule has 0 fully saturated rings. The number of rotatable bonds is 1. The van der Waals surface area contributed by atoms with Gasteiger partial charge in [0.1, 0.15) is 0 Å². The second-order valence-corrected chi connectivity index (χ2v) is 4.00. The number of nitrogens with one attached hydrogen (secondary N) is 1. The summed E-state index contributed by atoms with van der Waals surface area (Å²) in [5.74, 6) is 0.751. The summed E-state index contributed by atoms with van der Waals surface area (Å²) >= 11 is 1.68. The Bertz CT molecular complexity index is 349. The summed E-state index contributed by atoms with van der Waals surface area (Å²) in [5.41, 5.74) is 2.05. The predicted molar refractivity (Wildman–Crippen MR) is 54.0 cm³/mol. The van der Waals surface area contributed by atoms with Gasteiger partial charge in [-0.25, -0.2) is 0 Å². The lowest BCUT2D eigenvalue weighted by Crippen LogP contribution is -2.27. The molecule has 1 amide bonds. The number of benzene rings is 1. The van der Waals surface area contributed by atoms with Crippen LogP contribution in [0.25, 0.3) is 0 Å². The first-order chi connectivity index (χ1) is 6.31. The van der Waals surface area contributed by atoms with Crippen LogP contribution in [0.1, 0.15) is 22.8 Å². The van der Waals surface area contributed by atoms with Crippen molar-refractivity contribution in [1.82, 2.24) is 5.32 Å². The number of hydrogen-bond donors (Lipinski definition) is 1. The predicted octanol–water partition coefficient (Wildman–Crippen LogP) is 2.04. The van der Waals surface area contributed by atoms with Crippen molar-refractivity contribution in [3.05, 3.63) is 29.3 Å². The van der Waals surface area contributed by atoms with Crippen molar-refractivity contribution in [2.24, 2.45) is 0 Å². The Morgan fingerprint density at radius 3 is 3.15 bits per heavy atom. The van der Waals surface area contributed by atoms with Crippen LogP contribution in [0.2, 0.25) is 0 Å². The van der Waals surface area contributed by atoms with E-state index in [-0.39, 0.29) is 5.91 Å². The minimum atomic E-state index is 0.0593. The maximum atomic E-state index is 11.4. The lowest BCUT2D eigenvalue weighted by molar-refractivity contribution is 0.0955. The van der Waals surface area contributed by atoms with Crippen LogP contribution < -0.4 is 5.32 Å². The van der Waals surface area contributed by atoms with Crippen molar-refractivity contribution in [2.75, 3.05) is 5.88 Å². The molecule has 3 heteroatoms. The van der Waals surface area contributed by atoms with E-state index >= 15 is 0 Å². The molecule has 0 unspecified atom stereocenters. The standard InChI is InChI=1S/C10H11NOS/c1-2-7-3-4-9-8(5-7)10(12)11-6-13-9/h3-5H,2,6H2,1H3,(H,11,12). The Kier molecular flexibility index (Phi) is 2.27. The van der Waals surface area contributed by atoms with E-state index in [4.69, 9.17) is 0 Å². The van der Waals surface area contributed by atoms with Crippen LogP contribution in [-0.4, -0.2) is 11.8 Å². The Labute approximate surface area is 81.7 Å². The average Bonchev–Trinajstić information content (AvgIpc) is 2.18. The smallest absolute Gasteiger partial charge is 0.253 e. The minimum absolute atomic E-state index is 0.0593. The zero-order chi connectivity index (χ0) is 9.26. The van der Waals surface area contributed by atoms with Gasteiger partial charge in [0.05, 0.1) is 11.4 Å². The molecule has 0 radical (unpaired) electrons. The number of aryl methyl sites for hydroxylation is 1. The van der Waals surface area contributed by atoms with Crippen LogP contribution in [0.5, 0.6) is 0 Å². The van der Waals surface area contributed by atoms with Crippen molar-refractivity contribution in [3.63, 3.8) is 0 Å². The first kappa shape index (κ1) is 8.63. The monoisotopic (exact) mass is 193 g/mol. The molecule has 2 nitrogen and oxygen atoms in total. The van der Waals surface area contributed by atoms with E-state index in [2.05, 4.69) is 18.3 Å². The molecule has 68 valence electrons. The molecule has 1 aliphatic heterocycles. The van der Waals surface area contributed by atoms with E-state index in [0.29, 0.717) is 5.88 Å². The Hall–Kier alpha value is -0.960. The van der Waals surface area contributed by atoms with Crippen molar-refractivity contribution >= 4 is 17.7 Å². The zero-order valence-corrected chi connectivity index (χ0v) is 8.28. The van der Waals surface area contributed by atoms with Gasteiger partial charge in [0.15, 0.2) is 0 Å². The molecule has 0 spiro atoms. The first-order valence-corrected chi connectivity index (χ1v) is 5.33. The molecule has 1 heterocycles. The molecular weight excluding hydrogens is 182 g/mol. The molecule has 13 heavy (non-hydrogen) atoms. The van der Waals surface area contributed by atoms with E-state index < -0.39 is 0 Å². The third-order valence-electron chi connectivity index (χ3n) is 2.16. The molecule has 0 saturated carbocycles. The van der Waals surface area contributed by atoms with Gasteiger partial charge in [-0.1, -0.05) is 13.0 Å². The Morgan fingerprint density at radius 1 is 1.54 bits per heavy atom. The number of amides is 1. The molecule has 0 atom stereocenters. The third-order valence-corrected chi connectivity index (χ3v) is 3.11. The summed E-state index contributed by atoms with van der Waals surface area (Å²) in [6.07, 6.45) is 0.977. The van der Waals surface area contributed by atoms with Crippen LogP contribution in [0.15, 0.2) is 23.1 Å². The topological polar surface area (TPSA) is 29.1 Å². The van der Waals surface area contributed by atoms with Crippen molar-refractivity contribution in [3.8, 4) is 0 Å². The van der Waals surface area contributed by atoms with Gasteiger partial charge in [0.25, 0.3) is 5.91 Å². The third kappa shape index (κ3) is 1.56. The van der Waals surface area contributed by atoms with Gasteiger partial charge in [-0.05, 0) is 24.1 Å². The summed E-state index contributed by atoms with van der Waals surface area (Å²) in [4.78, 5) is 12.5. The van der Waals surface area contributed by atoms with Crippen LogP contribution in [-0.2, 0) is 6.42 Å². The lowest BCUT2D eigenvalue weighted by Gasteiger charge is -2.16. The number of carbonyl (C=O) groups is 1. The van der Waals surface area contributed by atoms with E-state index in [1.807, 2.05) is 12.1 Å². The highest BCUT2D eigenvalue weighted by Crippen LogP contribution is 2.26. The van der Waals surface area contributed by atoms with E-state index in [0.717, 1.165) is 16.9 Å². The van der Waals surface area contributed by atoms with Gasteiger partial charge in [-0.3, -0.25) is 4.79 Å². The summed E-state index contributed by atoms with van der Waals surface area (Å²) in [6.45, 7) is 2.09. The van der Waals surface area contributed by atoms with Crippen molar-refractivity contribution in [1.29, 1.82) is 0 Å². The first-order valence-electron chi connectivity index (χ1n) is 4.35. The molecule has 0 bridgehead atoms. The van der Waals surface area contributed by atoms with Crippen LogP contribution >= 0.6 is 11.8 Å². The summed E-state index contributed by atoms with van der Waals surface area (Å²) in [5, 5.41) is 2.81. The number of fused-ring (bicyclic) bond motifs is 1. The van der Waals surface area contributed by atoms with Gasteiger partial charge in [0.2, 0.25) is 0 Å². The highest BCUT2D eigenvalue weighted by Gasteiger charge is 2.16. The second kappa shape index (κ2) is 3.42. The molecule has 1 aromatic carbocycles. The summed E-state index contributed by atoms with van der Waals surface area (Å²) in [7, 11) is 0. The van der Waals surface area contributed by atoms with Crippen LogP contribution in [0.4, 0.5) is 0 Å². The quantitative estimate of drug-likeness (QED) is 0.739. The molecule has 0 aromatic heterocycles. The van der Waals surface area contributed by atoms with Gasteiger partial charge < -0.3 is 5.32 Å². The van der Waals surface area contributed by atoms with Crippen LogP contribution in [0.3, 0.4) is 0 Å². The molecule has 1 aromatic rings. The van der Waals surface area contributed by atoms with Crippen molar-refractivity contribution in [2.45, 2.75) is 18.2 Å². The van der Waals surface area contributed by atoms with Crippen molar-refractivity contribution < 1.29 is 4.79 Å². The highest BCUT2D eigenvalue weighted by atomic mass is 32.2. The summed E-state index contributed by atoms with van der Waals surface area (Å²) < 4.78 is 0. The largest absolute Gasteiger partial charge is 0.343 e. The molecule has 0 aliphatic carbocycles. The molecule has 2 rings (SSSR count). The maximum absolute atomic E-state index is 11.4. The van der Waals surface area contributed by atoms with Gasteiger partial charge in [-0.2, -0.15) is 0 Å². The van der Waals surface area contributed by atoms with Crippen LogP contribution in [0, 0.1) is 0 Å². The van der Waals surface area contributed by atoms with E-state index in [9.17, 15) is 4.79 Å². The molecule has 1 N–H and O–H groups in total. The number of carbonyl (C=O) groups excluding carboxylic acids is 1. The number of hydrogen-bond acceptors (Lipinski definition) is 2. The van der Waals surface area contributed by atoms with E-state index in [1.165, 1.54) is 5.56 Å². The maximum Gasteiger partial charge on any atom is 0.253 e. The van der Waals surface area contributed by atoms with E-state index in [1.54, 1.807) is 11.8 Å².